The van der Waals surface area contributed by atoms with Gasteiger partial charge in [-0.2, -0.15) is 11.8 Å². The lowest BCUT2D eigenvalue weighted by molar-refractivity contribution is 0.211. The number of rotatable bonds is 4. The maximum Gasteiger partial charge on any atom is 0.166 e. The van der Waals surface area contributed by atoms with Crippen molar-refractivity contribution in [3.8, 4) is 11.5 Å². The number of thioether (sulfide) groups is 1. The summed E-state index contributed by atoms with van der Waals surface area (Å²) >= 11 is 1.96. The molecule has 1 atom stereocenters. The van der Waals surface area contributed by atoms with E-state index in [4.69, 9.17) is 15.2 Å². The van der Waals surface area contributed by atoms with Crippen molar-refractivity contribution < 1.29 is 9.47 Å². The standard InChI is InChI=1S/C16H23NO2S/c1-18-14-6-4-5-13(16(17)8-2-3-9-16)15(14)19-12-7-10-20-11-12/h4-6,12H,2-3,7-11,17H2,1H3. The van der Waals surface area contributed by atoms with E-state index in [1.165, 1.54) is 18.6 Å². The van der Waals surface area contributed by atoms with Gasteiger partial charge in [0.2, 0.25) is 0 Å². The van der Waals surface area contributed by atoms with E-state index in [9.17, 15) is 0 Å². The Balaban J connectivity index is 1.95. The first kappa shape index (κ1) is 14.1. The van der Waals surface area contributed by atoms with E-state index in [0.29, 0.717) is 6.10 Å². The molecule has 1 unspecified atom stereocenters. The van der Waals surface area contributed by atoms with E-state index in [1.807, 2.05) is 23.9 Å². The van der Waals surface area contributed by atoms with Crippen LogP contribution in [0.15, 0.2) is 18.2 Å². The van der Waals surface area contributed by atoms with E-state index < -0.39 is 0 Å². The summed E-state index contributed by atoms with van der Waals surface area (Å²) in [6.45, 7) is 0. The smallest absolute Gasteiger partial charge is 0.166 e. The van der Waals surface area contributed by atoms with Crippen LogP contribution in [0.25, 0.3) is 0 Å². The fourth-order valence-electron chi connectivity index (χ4n) is 3.24. The molecule has 1 aliphatic heterocycles. The SMILES string of the molecule is COc1cccc(C2(N)CCCC2)c1OC1CCSC1. The molecule has 1 saturated carbocycles. The predicted molar refractivity (Wildman–Crippen MR) is 83.7 cm³/mol. The Bertz CT molecular complexity index is 466. The molecule has 1 aliphatic carbocycles. The number of hydrogen-bond acceptors (Lipinski definition) is 4. The Morgan fingerprint density at radius 3 is 2.75 bits per heavy atom. The lowest BCUT2D eigenvalue weighted by atomic mass is 9.88. The highest BCUT2D eigenvalue weighted by Gasteiger charge is 2.35. The highest BCUT2D eigenvalue weighted by Crippen LogP contribution is 2.45. The molecule has 1 aromatic rings. The van der Waals surface area contributed by atoms with Crippen LogP contribution < -0.4 is 15.2 Å². The van der Waals surface area contributed by atoms with Gasteiger partial charge in [-0.15, -0.1) is 0 Å². The van der Waals surface area contributed by atoms with Crippen molar-refractivity contribution in [1.29, 1.82) is 0 Å². The van der Waals surface area contributed by atoms with Crippen LogP contribution >= 0.6 is 11.8 Å². The zero-order chi connectivity index (χ0) is 14.0. The minimum Gasteiger partial charge on any atom is -0.493 e. The Morgan fingerprint density at radius 2 is 2.10 bits per heavy atom. The van der Waals surface area contributed by atoms with E-state index in [2.05, 4.69) is 6.07 Å². The first-order chi connectivity index (χ1) is 9.73. The van der Waals surface area contributed by atoms with Crippen molar-refractivity contribution in [2.75, 3.05) is 18.6 Å². The topological polar surface area (TPSA) is 44.5 Å². The molecule has 4 heteroatoms. The number of nitrogens with two attached hydrogens (primary N) is 1. The van der Waals surface area contributed by atoms with Crippen LogP contribution in [0.3, 0.4) is 0 Å². The first-order valence-electron chi connectivity index (χ1n) is 7.44. The van der Waals surface area contributed by atoms with Gasteiger partial charge in [0, 0.05) is 16.9 Å². The van der Waals surface area contributed by atoms with Crippen LogP contribution in [0.5, 0.6) is 11.5 Å². The number of benzene rings is 1. The van der Waals surface area contributed by atoms with Crippen LogP contribution in [-0.2, 0) is 5.54 Å². The minimum atomic E-state index is -0.240. The normalized spacial score (nSPS) is 24.8. The Morgan fingerprint density at radius 1 is 1.30 bits per heavy atom. The quantitative estimate of drug-likeness (QED) is 0.925. The molecule has 0 amide bonds. The molecule has 0 radical (unpaired) electrons. The summed E-state index contributed by atoms with van der Waals surface area (Å²) in [5.74, 6) is 3.95. The highest BCUT2D eigenvalue weighted by molar-refractivity contribution is 7.99. The van der Waals surface area contributed by atoms with Gasteiger partial charge in [0.15, 0.2) is 11.5 Å². The van der Waals surface area contributed by atoms with Crippen molar-refractivity contribution in [2.45, 2.75) is 43.7 Å². The molecule has 2 fully saturated rings. The van der Waals surface area contributed by atoms with Crippen molar-refractivity contribution in [3.05, 3.63) is 23.8 Å². The average Bonchev–Trinajstić information content (AvgIpc) is 3.11. The summed E-state index contributed by atoms with van der Waals surface area (Å²) in [4.78, 5) is 0. The zero-order valence-corrected chi connectivity index (χ0v) is 12.9. The Kier molecular flexibility index (Phi) is 4.13. The molecule has 2 N–H and O–H groups in total. The van der Waals surface area contributed by atoms with Crippen LogP contribution in [0, 0.1) is 0 Å². The molecule has 0 bridgehead atoms. The van der Waals surface area contributed by atoms with E-state index in [1.54, 1.807) is 7.11 Å². The van der Waals surface area contributed by atoms with Crippen molar-refractivity contribution in [1.82, 2.24) is 0 Å². The van der Waals surface area contributed by atoms with E-state index >= 15 is 0 Å². The van der Waals surface area contributed by atoms with E-state index in [-0.39, 0.29) is 5.54 Å². The lowest BCUT2D eigenvalue weighted by Gasteiger charge is -2.28. The number of hydrogen-bond donors (Lipinski definition) is 1. The molecule has 110 valence electrons. The van der Waals surface area contributed by atoms with Gasteiger partial charge < -0.3 is 15.2 Å². The fourth-order valence-corrected chi connectivity index (χ4v) is 4.33. The Labute approximate surface area is 125 Å². The number of para-hydroxylation sites is 1. The van der Waals surface area contributed by atoms with Gasteiger partial charge in [0.25, 0.3) is 0 Å². The van der Waals surface area contributed by atoms with Gasteiger partial charge in [-0.1, -0.05) is 25.0 Å². The molecular weight excluding hydrogens is 270 g/mol. The molecular formula is C16H23NO2S. The molecule has 0 spiro atoms. The Hall–Kier alpha value is -0.870. The van der Waals surface area contributed by atoms with Crippen LogP contribution in [0.1, 0.15) is 37.7 Å². The number of ether oxygens (including phenoxy) is 2. The maximum atomic E-state index is 6.64. The largest absolute Gasteiger partial charge is 0.493 e. The van der Waals surface area contributed by atoms with Gasteiger partial charge in [-0.25, -0.2) is 0 Å². The van der Waals surface area contributed by atoms with Gasteiger partial charge in [0.1, 0.15) is 6.10 Å². The van der Waals surface area contributed by atoms with Crippen LogP contribution in [0.4, 0.5) is 0 Å². The second kappa shape index (κ2) is 5.86. The van der Waals surface area contributed by atoms with Crippen molar-refractivity contribution in [2.24, 2.45) is 5.73 Å². The van der Waals surface area contributed by atoms with Crippen LogP contribution in [0.2, 0.25) is 0 Å². The summed E-state index contributed by atoms with van der Waals surface area (Å²) in [7, 11) is 1.70. The summed E-state index contributed by atoms with van der Waals surface area (Å²) in [6, 6.07) is 6.11. The molecule has 2 aliphatic rings. The minimum absolute atomic E-state index is 0.240. The fraction of sp³-hybridized carbons (Fsp3) is 0.625. The molecule has 3 nitrogen and oxygen atoms in total. The molecule has 20 heavy (non-hydrogen) atoms. The van der Waals surface area contributed by atoms with Gasteiger partial charge in [0.05, 0.1) is 7.11 Å². The third-order valence-corrected chi connectivity index (χ3v) is 5.54. The summed E-state index contributed by atoms with van der Waals surface area (Å²) in [6.07, 6.45) is 5.88. The van der Waals surface area contributed by atoms with E-state index in [0.717, 1.165) is 42.1 Å². The number of methoxy groups -OCH3 is 1. The second-order valence-electron chi connectivity index (χ2n) is 5.80. The molecule has 0 aromatic heterocycles. The molecule has 1 saturated heterocycles. The maximum absolute atomic E-state index is 6.64. The highest BCUT2D eigenvalue weighted by atomic mass is 32.2. The molecule has 1 heterocycles. The predicted octanol–water partition coefficient (Wildman–Crippen LogP) is 3.31. The third kappa shape index (κ3) is 2.63. The van der Waals surface area contributed by atoms with Crippen LogP contribution in [-0.4, -0.2) is 24.7 Å². The zero-order valence-electron chi connectivity index (χ0n) is 12.1. The molecule has 1 aromatic carbocycles. The van der Waals surface area contributed by atoms with Gasteiger partial charge in [-0.3, -0.25) is 0 Å². The summed E-state index contributed by atoms with van der Waals surface area (Å²) in [5, 5.41) is 0. The first-order valence-corrected chi connectivity index (χ1v) is 8.59. The molecule has 3 rings (SSSR count). The lowest BCUT2D eigenvalue weighted by Crippen LogP contribution is -2.34. The average molecular weight is 293 g/mol. The van der Waals surface area contributed by atoms with Gasteiger partial charge in [-0.05, 0) is 31.1 Å². The third-order valence-electron chi connectivity index (χ3n) is 4.40. The summed E-state index contributed by atoms with van der Waals surface area (Å²) < 4.78 is 11.8. The second-order valence-corrected chi connectivity index (χ2v) is 6.95. The van der Waals surface area contributed by atoms with Gasteiger partial charge >= 0.3 is 0 Å². The van der Waals surface area contributed by atoms with Crippen molar-refractivity contribution in [3.63, 3.8) is 0 Å². The monoisotopic (exact) mass is 293 g/mol. The summed E-state index contributed by atoms with van der Waals surface area (Å²) in [5.41, 5.74) is 7.53. The van der Waals surface area contributed by atoms with Crippen molar-refractivity contribution >= 4 is 11.8 Å².